The Morgan fingerprint density at radius 2 is 1.08 bits per heavy atom. The summed E-state index contributed by atoms with van der Waals surface area (Å²) in [5.41, 5.74) is 0. The van der Waals surface area contributed by atoms with E-state index < -0.39 is 11.9 Å². The predicted octanol–water partition coefficient (Wildman–Crippen LogP) is 4.42. The Kier molecular flexibility index (Phi) is 17.4. The van der Waals surface area contributed by atoms with Gasteiger partial charge in [-0.25, -0.2) is 9.59 Å². The second-order valence-electron chi connectivity index (χ2n) is 6.05. The Hall–Kier alpha value is -1.10. The summed E-state index contributed by atoms with van der Waals surface area (Å²) in [7, 11) is 0. The van der Waals surface area contributed by atoms with E-state index in [2.05, 4.69) is 11.7 Å². The number of ether oxygens (including phenoxy) is 3. The zero-order chi connectivity index (χ0) is 17.9. The average Bonchev–Trinajstić information content (AvgIpc) is 2.56. The Morgan fingerprint density at radius 1 is 0.625 bits per heavy atom. The Bertz CT molecular complexity index is 304. The molecule has 0 aromatic carbocycles. The quantitative estimate of drug-likeness (QED) is 0.289. The van der Waals surface area contributed by atoms with Crippen LogP contribution >= 0.6 is 0 Å². The van der Waals surface area contributed by atoms with Crippen LogP contribution in [0.25, 0.3) is 0 Å². The third kappa shape index (κ3) is 17.3. The second-order valence-corrected chi connectivity index (χ2v) is 6.05. The summed E-state index contributed by atoms with van der Waals surface area (Å²) in [5, 5.41) is 0. The van der Waals surface area contributed by atoms with Crippen LogP contribution in [-0.2, 0) is 23.8 Å². The molecular formula is C19H36O5. The van der Waals surface area contributed by atoms with Crippen LogP contribution in [0.5, 0.6) is 0 Å². The Labute approximate surface area is 147 Å². The molecule has 0 aliphatic rings. The van der Waals surface area contributed by atoms with Gasteiger partial charge in [0, 0.05) is 0 Å². The van der Waals surface area contributed by atoms with Crippen molar-refractivity contribution in [1.29, 1.82) is 0 Å². The predicted molar refractivity (Wildman–Crippen MR) is 94.9 cm³/mol. The summed E-state index contributed by atoms with van der Waals surface area (Å²) < 4.78 is 14.7. The van der Waals surface area contributed by atoms with Crippen LogP contribution in [0.2, 0.25) is 0 Å². The van der Waals surface area contributed by atoms with Crippen LogP contribution in [0, 0.1) is 0 Å². The minimum absolute atomic E-state index is 0.198. The fourth-order valence-corrected chi connectivity index (χ4v) is 2.41. The lowest BCUT2D eigenvalue weighted by Gasteiger charge is -2.06. The molecule has 142 valence electrons. The largest absolute Gasteiger partial charge is 0.464 e. The number of carbonyl (C=O) groups excluding carboxylic acids is 2. The highest BCUT2D eigenvalue weighted by Crippen LogP contribution is 2.11. The maximum Gasteiger partial charge on any atom is 0.332 e. The molecule has 0 amide bonds. The van der Waals surface area contributed by atoms with Crippen molar-refractivity contribution in [1.82, 2.24) is 0 Å². The summed E-state index contributed by atoms with van der Waals surface area (Å²) in [5.74, 6) is -0.887. The molecule has 0 spiro atoms. The van der Waals surface area contributed by atoms with Crippen LogP contribution in [0.4, 0.5) is 0 Å². The van der Waals surface area contributed by atoms with Gasteiger partial charge < -0.3 is 14.2 Å². The fraction of sp³-hybridized carbons (Fsp3) is 0.895. The molecule has 0 bridgehead atoms. The highest BCUT2D eigenvalue weighted by molar-refractivity contribution is 5.73. The molecule has 0 heterocycles. The number of unbranched alkanes of at least 4 members (excludes halogenated alkanes) is 10. The van der Waals surface area contributed by atoms with E-state index >= 15 is 0 Å². The topological polar surface area (TPSA) is 61.8 Å². The lowest BCUT2D eigenvalue weighted by molar-refractivity contribution is -0.155. The first-order valence-corrected chi connectivity index (χ1v) is 9.59. The first-order chi connectivity index (χ1) is 11.7. The summed E-state index contributed by atoms with van der Waals surface area (Å²) >= 11 is 0. The van der Waals surface area contributed by atoms with Gasteiger partial charge in [0.15, 0.2) is 0 Å². The second kappa shape index (κ2) is 18.2. The summed E-state index contributed by atoms with van der Waals surface area (Å²) in [6, 6.07) is 0. The number of rotatable bonds is 17. The van der Waals surface area contributed by atoms with Gasteiger partial charge in [-0.15, -0.1) is 0 Å². The van der Waals surface area contributed by atoms with Gasteiger partial charge in [0.25, 0.3) is 0 Å². The maximum atomic E-state index is 11.4. The van der Waals surface area contributed by atoms with Crippen molar-refractivity contribution in [3.05, 3.63) is 0 Å². The van der Waals surface area contributed by atoms with E-state index in [1.165, 1.54) is 57.8 Å². The molecule has 0 unspecified atom stereocenters. The van der Waals surface area contributed by atoms with E-state index in [1.807, 2.05) is 0 Å². The van der Waals surface area contributed by atoms with Gasteiger partial charge in [-0.05, 0) is 13.3 Å². The molecule has 0 N–H and O–H groups in total. The Morgan fingerprint density at radius 3 is 1.58 bits per heavy atom. The van der Waals surface area contributed by atoms with Gasteiger partial charge in [-0.3, -0.25) is 0 Å². The highest BCUT2D eigenvalue weighted by Gasteiger charge is 2.06. The third-order valence-electron chi connectivity index (χ3n) is 3.76. The molecule has 5 heteroatoms. The summed E-state index contributed by atoms with van der Waals surface area (Å²) in [6.07, 6.45) is 13.9. The molecule has 5 nitrogen and oxygen atoms in total. The van der Waals surface area contributed by atoms with Gasteiger partial charge >= 0.3 is 11.9 Å². The zero-order valence-electron chi connectivity index (χ0n) is 15.6. The SMILES string of the molecule is CCCCCCCCCCCCCOC(=O)COCC(=O)OCC. The molecule has 0 saturated heterocycles. The average molecular weight is 344 g/mol. The van der Waals surface area contributed by atoms with Gasteiger partial charge in [0.1, 0.15) is 13.2 Å². The van der Waals surface area contributed by atoms with Crippen LogP contribution < -0.4 is 0 Å². The van der Waals surface area contributed by atoms with Crippen LogP contribution in [0.15, 0.2) is 0 Å². The van der Waals surface area contributed by atoms with E-state index in [0.717, 1.165) is 12.8 Å². The maximum absolute atomic E-state index is 11.4. The molecule has 0 saturated carbocycles. The molecule has 0 aliphatic carbocycles. The minimum atomic E-state index is -0.462. The first-order valence-electron chi connectivity index (χ1n) is 9.59. The van der Waals surface area contributed by atoms with Crippen molar-refractivity contribution < 1.29 is 23.8 Å². The minimum Gasteiger partial charge on any atom is -0.464 e. The number of hydrogen-bond donors (Lipinski definition) is 0. The molecule has 0 aromatic heterocycles. The van der Waals surface area contributed by atoms with Crippen molar-refractivity contribution in [2.45, 2.75) is 84.5 Å². The fourth-order valence-electron chi connectivity index (χ4n) is 2.41. The van der Waals surface area contributed by atoms with Crippen LogP contribution in [0.1, 0.15) is 84.5 Å². The van der Waals surface area contributed by atoms with E-state index in [1.54, 1.807) is 6.92 Å². The third-order valence-corrected chi connectivity index (χ3v) is 3.76. The zero-order valence-corrected chi connectivity index (χ0v) is 15.6. The highest BCUT2D eigenvalue weighted by atomic mass is 16.6. The number of carbonyl (C=O) groups is 2. The number of hydrogen-bond acceptors (Lipinski definition) is 5. The molecule has 0 aliphatic heterocycles. The molecule has 24 heavy (non-hydrogen) atoms. The number of esters is 2. The van der Waals surface area contributed by atoms with Crippen molar-refractivity contribution >= 4 is 11.9 Å². The molecule has 0 fully saturated rings. The first kappa shape index (κ1) is 22.9. The molecule has 0 aromatic rings. The van der Waals surface area contributed by atoms with Crippen LogP contribution in [0.3, 0.4) is 0 Å². The van der Waals surface area contributed by atoms with Gasteiger partial charge in [-0.2, -0.15) is 0 Å². The van der Waals surface area contributed by atoms with Gasteiger partial charge in [-0.1, -0.05) is 71.1 Å². The summed E-state index contributed by atoms with van der Waals surface area (Å²) in [4.78, 5) is 22.4. The summed E-state index contributed by atoms with van der Waals surface area (Å²) in [6.45, 7) is 4.30. The van der Waals surface area contributed by atoms with E-state index in [0.29, 0.717) is 13.2 Å². The monoisotopic (exact) mass is 344 g/mol. The van der Waals surface area contributed by atoms with Crippen LogP contribution in [-0.4, -0.2) is 38.4 Å². The van der Waals surface area contributed by atoms with Crippen molar-refractivity contribution in [2.24, 2.45) is 0 Å². The van der Waals surface area contributed by atoms with Crippen molar-refractivity contribution in [3.8, 4) is 0 Å². The molecule has 0 radical (unpaired) electrons. The van der Waals surface area contributed by atoms with Gasteiger partial charge in [0.05, 0.1) is 13.2 Å². The smallest absolute Gasteiger partial charge is 0.332 e. The lowest BCUT2D eigenvalue weighted by atomic mass is 10.1. The normalized spacial score (nSPS) is 10.6. The Balaban J connectivity index is 3.20. The van der Waals surface area contributed by atoms with E-state index in [4.69, 9.17) is 9.47 Å². The lowest BCUT2D eigenvalue weighted by Crippen LogP contribution is -2.18. The van der Waals surface area contributed by atoms with E-state index in [9.17, 15) is 9.59 Å². The standard InChI is InChI=1S/C19H36O5/c1-3-5-6-7-8-9-10-11-12-13-14-15-24-19(21)17-22-16-18(20)23-4-2/h3-17H2,1-2H3. The molecule has 0 atom stereocenters. The van der Waals surface area contributed by atoms with Crippen molar-refractivity contribution in [3.63, 3.8) is 0 Å². The van der Waals surface area contributed by atoms with Gasteiger partial charge in [0.2, 0.25) is 0 Å². The van der Waals surface area contributed by atoms with E-state index in [-0.39, 0.29) is 13.2 Å². The molecular weight excluding hydrogens is 308 g/mol. The van der Waals surface area contributed by atoms with Crippen molar-refractivity contribution in [2.75, 3.05) is 26.4 Å². The molecule has 0 rings (SSSR count).